The van der Waals surface area contributed by atoms with Crippen molar-refractivity contribution < 1.29 is 9.59 Å². The zero-order chi connectivity index (χ0) is 14.7. The lowest BCUT2D eigenvalue weighted by molar-refractivity contribution is -0.119. The molecule has 6 nitrogen and oxygen atoms in total. The number of halogens is 1. The number of hydrogen-bond donors (Lipinski definition) is 4. The van der Waals surface area contributed by atoms with Gasteiger partial charge in [-0.25, -0.2) is 0 Å². The summed E-state index contributed by atoms with van der Waals surface area (Å²) < 4.78 is 0. The van der Waals surface area contributed by atoms with Crippen molar-refractivity contribution in [1.82, 2.24) is 10.3 Å². The number of nitrogens with two attached hydrogens (primary N) is 2. The van der Waals surface area contributed by atoms with Crippen LogP contribution in [0.25, 0.3) is 10.9 Å². The quantitative estimate of drug-likeness (QED) is 0.651. The average molecular weight is 311 g/mol. The number of carbonyl (C=O) groups is 2. The van der Waals surface area contributed by atoms with Crippen molar-refractivity contribution in [3.63, 3.8) is 0 Å². The summed E-state index contributed by atoms with van der Waals surface area (Å²) in [5, 5.41) is 3.52. The van der Waals surface area contributed by atoms with Gasteiger partial charge in [0.1, 0.15) is 6.04 Å². The van der Waals surface area contributed by atoms with Gasteiger partial charge in [-0.1, -0.05) is 0 Å². The van der Waals surface area contributed by atoms with Gasteiger partial charge in [-0.15, -0.1) is 12.4 Å². The van der Waals surface area contributed by atoms with Gasteiger partial charge in [-0.2, -0.15) is 0 Å². The molecule has 7 heteroatoms. The van der Waals surface area contributed by atoms with Crippen molar-refractivity contribution in [2.45, 2.75) is 19.4 Å². The van der Waals surface area contributed by atoms with Gasteiger partial charge in [0.05, 0.1) is 0 Å². The lowest BCUT2D eigenvalue weighted by Crippen LogP contribution is -2.42. The molecule has 0 saturated heterocycles. The summed E-state index contributed by atoms with van der Waals surface area (Å²) in [4.78, 5) is 26.1. The Labute approximate surface area is 128 Å². The van der Waals surface area contributed by atoms with Crippen molar-refractivity contribution in [3.05, 3.63) is 35.5 Å². The Morgan fingerprint density at radius 1 is 1.38 bits per heavy atom. The minimum absolute atomic E-state index is 0. The van der Waals surface area contributed by atoms with E-state index in [2.05, 4.69) is 10.3 Å². The number of aromatic nitrogens is 1. The van der Waals surface area contributed by atoms with Crippen LogP contribution in [0.1, 0.15) is 22.8 Å². The van der Waals surface area contributed by atoms with Crippen molar-refractivity contribution >= 4 is 35.1 Å². The van der Waals surface area contributed by atoms with Crippen LogP contribution >= 0.6 is 12.4 Å². The molecule has 1 aromatic heterocycles. The molecule has 0 spiro atoms. The Morgan fingerprint density at radius 3 is 2.71 bits per heavy atom. The third-order valence-corrected chi connectivity index (χ3v) is 3.22. The van der Waals surface area contributed by atoms with E-state index in [0.29, 0.717) is 12.1 Å². The Hall–Kier alpha value is -2.05. The molecule has 2 rings (SSSR count). The summed E-state index contributed by atoms with van der Waals surface area (Å²) in [6.07, 6.45) is 2.63. The molecular weight excluding hydrogens is 292 g/mol. The van der Waals surface area contributed by atoms with Crippen LogP contribution in [0, 0.1) is 0 Å². The number of fused-ring (bicyclic) bond motifs is 1. The van der Waals surface area contributed by atoms with Gasteiger partial charge in [0.15, 0.2) is 0 Å². The highest BCUT2D eigenvalue weighted by Crippen LogP contribution is 2.20. The summed E-state index contributed by atoms with van der Waals surface area (Å²) in [5.74, 6) is -0.886. The number of amides is 2. The van der Waals surface area contributed by atoms with Gasteiger partial charge in [0, 0.05) is 22.7 Å². The van der Waals surface area contributed by atoms with E-state index in [-0.39, 0.29) is 18.3 Å². The van der Waals surface area contributed by atoms with Gasteiger partial charge >= 0.3 is 0 Å². The van der Waals surface area contributed by atoms with Crippen LogP contribution in [-0.2, 0) is 11.2 Å². The highest BCUT2D eigenvalue weighted by atomic mass is 35.5. The van der Waals surface area contributed by atoms with E-state index in [1.54, 1.807) is 19.1 Å². The lowest BCUT2D eigenvalue weighted by atomic mass is 10.1. The van der Waals surface area contributed by atoms with Gasteiger partial charge in [0.2, 0.25) is 5.91 Å². The van der Waals surface area contributed by atoms with E-state index in [4.69, 9.17) is 11.5 Å². The number of nitrogens with one attached hydrogen (secondary N) is 2. The van der Waals surface area contributed by atoms with Crippen molar-refractivity contribution in [2.75, 3.05) is 6.54 Å². The van der Waals surface area contributed by atoms with E-state index in [1.807, 2.05) is 12.3 Å². The molecule has 0 bridgehead atoms. The third-order valence-electron chi connectivity index (χ3n) is 3.22. The first-order chi connectivity index (χ1) is 9.52. The molecule has 0 radical (unpaired) electrons. The van der Waals surface area contributed by atoms with E-state index in [9.17, 15) is 9.59 Å². The van der Waals surface area contributed by atoms with Crippen LogP contribution < -0.4 is 16.8 Å². The number of primary amides is 1. The normalized spacial score (nSPS) is 11.7. The standard InChI is InChI=1S/C14H18N4O2.ClH/c1-8(13(16)19)18-14(20)9-2-3-12-11(6-9)10(4-5-15)7-17-12;/h2-3,6-8,17H,4-5,15H2,1H3,(H2,16,19)(H,18,20);1H. The van der Waals surface area contributed by atoms with E-state index in [0.717, 1.165) is 22.9 Å². The number of H-pyrrole nitrogens is 1. The summed E-state index contributed by atoms with van der Waals surface area (Å²) in [6.45, 7) is 2.09. The number of hydrogen-bond acceptors (Lipinski definition) is 3. The third kappa shape index (κ3) is 3.74. The zero-order valence-electron chi connectivity index (χ0n) is 11.7. The lowest BCUT2D eigenvalue weighted by Gasteiger charge is -2.10. The second-order valence-electron chi connectivity index (χ2n) is 4.71. The first kappa shape index (κ1) is 17.0. The molecule has 2 amide bonds. The fourth-order valence-electron chi connectivity index (χ4n) is 2.03. The zero-order valence-corrected chi connectivity index (χ0v) is 12.5. The fraction of sp³-hybridized carbons (Fsp3) is 0.286. The molecule has 114 valence electrons. The van der Waals surface area contributed by atoms with E-state index >= 15 is 0 Å². The molecule has 21 heavy (non-hydrogen) atoms. The molecule has 0 aliphatic carbocycles. The van der Waals surface area contributed by atoms with Gasteiger partial charge in [-0.3, -0.25) is 9.59 Å². The molecule has 0 aliphatic heterocycles. The highest BCUT2D eigenvalue weighted by molar-refractivity contribution is 6.00. The van der Waals surface area contributed by atoms with Crippen molar-refractivity contribution in [3.8, 4) is 0 Å². The molecule has 1 aromatic carbocycles. The van der Waals surface area contributed by atoms with E-state index in [1.165, 1.54) is 0 Å². The second kappa shape index (κ2) is 7.10. The predicted octanol–water partition coefficient (Wildman–Crippen LogP) is 0.695. The first-order valence-corrected chi connectivity index (χ1v) is 6.43. The number of benzene rings is 1. The maximum Gasteiger partial charge on any atom is 0.251 e. The SMILES string of the molecule is CC(NC(=O)c1ccc2[nH]cc(CCN)c2c1)C(N)=O.Cl. The molecule has 0 saturated carbocycles. The summed E-state index contributed by atoms with van der Waals surface area (Å²) >= 11 is 0. The van der Waals surface area contributed by atoms with Gasteiger partial charge < -0.3 is 21.8 Å². The maximum absolute atomic E-state index is 12.0. The smallest absolute Gasteiger partial charge is 0.251 e. The van der Waals surface area contributed by atoms with Crippen molar-refractivity contribution in [1.29, 1.82) is 0 Å². The first-order valence-electron chi connectivity index (χ1n) is 6.43. The second-order valence-corrected chi connectivity index (χ2v) is 4.71. The Kier molecular flexibility index (Phi) is 5.75. The van der Waals surface area contributed by atoms with Crippen LogP contribution in [-0.4, -0.2) is 29.4 Å². The minimum atomic E-state index is -0.701. The van der Waals surface area contributed by atoms with Crippen LogP contribution in [0.15, 0.2) is 24.4 Å². The monoisotopic (exact) mass is 310 g/mol. The van der Waals surface area contributed by atoms with Crippen LogP contribution in [0.4, 0.5) is 0 Å². The molecule has 0 aliphatic rings. The van der Waals surface area contributed by atoms with Crippen LogP contribution in [0.2, 0.25) is 0 Å². The number of carbonyl (C=O) groups excluding carboxylic acids is 2. The Bertz CT molecular complexity index is 653. The maximum atomic E-state index is 12.0. The fourth-order valence-corrected chi connectivity index (χ4v) is 2.03. The highest BCUT2D eigenvalue weighted by Gasteiger charge is 2.14. The van der Waals surface area contributed by atoms with Crippen molar-refractivity contribution in [2.24, 2.45) is 11.5 Å². The van der Waals surface area contributed by atoms with Crippen LogP contribution in [0.3, 0.4) is 0 Å². The van der Waals surface area contributed by atoms with Gasteiger partial charge in [0.25, 0.3) is 5.91 Å². The molecule has 1 unspecified atom stereocenters. The minimum Gasteiger partial charge on any atom is -0.368 e. The molecule has 0 fully saturated rings. The summed E-state index contributed by atoms with van der Waals surface area (Å²) in [6, 6.07) is 4.63. The molecule has 6 N–H and O–H groups in total. The molecule has 2 aromatic rings. The molecule has 1 atom stereocenters. The van der Waals surface area contributed by atoms with Crippen LogP contribution in [0.5, 0.6) is 0 Å². The van der Waals surface area contributed by atoms with Gasteiger partial charge in [-0.05, 0) is 43.7 Å². The predicted molar refractivity (Wildman–Crippen MR) is 84.4 cm³/mol. The Morgan fingerprint density at radius 2 is 2.10 bits per heavy atom. The average Bonchev–Trinajstić information content (AvgIpc) is 2.81. The largest absolute Gasteiger partial charge is 0.368 e. The topological polar surface area (TPSA) is 114 Å². The number of rotatable bonds is 5. The Balaban J connectivity index is 0.00000220. The summed E-state index contributed by atoms with van der Waals surface area (Å²) in [5.41, 5.74) is 13.2. The summed E-state index contributed by atoms with van der Waals surface area (Å²) in [7, 11) is 0. The van der Waals surface area contributed by atoms with E-state index < -0.39 is 11.9 Å². The number of aromatic amines is 1. The molecule has 1 heterocycles. The molecular formula is C14H19ClN4O2.